The molecule has 1 unspecified atom stereocenters. The topological polar surface area (TPSA) is 82.1 Å². The van der Waals surface area contributed by atoms with Crippen molar-refractivity contribution in [1.29, 1.82) is 0 Å². The smallest absolute Gasteiger partial charge is 0.333 e. The number of carboxylic acid groups (broad SMARTS) is 1. The average molecular weight is 483 g/mol. The van der Waals surface area contributed by atoms with Gasteiger partial charge in [0.25, 0.3) is 0 Å². The van der Waals surface area contributed by atoms with E-state index < -0.39 is 12.1 Å². The van der Waals surface area contributed by atoms with E-state index in [1.54, 1.807) is 61.5 Å². The van der Waals surface area contributed by atoms with E-state index in [2.05, 4.69) is 0 Å². The predicted octanol–water partition coefficient (Wildman–Crippen LogP) is 5.45. The summed E-state index contributed by atoms with van der Waals surface area (Å²) in [6.07, 6.45) is -0.0449. The van der Waals surface area contributed by atoms with Crippen molar-refractivity contribution in [3.63, 3.8) is 0 Å². The maximum absolute atomic E-state index is 12.5. The molecule has 1 atom stereocenters. The Morgan fingerprint density at radius 1 is 0.912 bits per heavy atom. The lowest BCUT2D eigenvalue weighted by Crippen LogP contribution is -2.26. The third-order valence-electron chi connectivity index (χ3n) is 5.03. The summed E-state index contributed by atoms with van der Waals surface area (Å²) in [5.41, 5.74) is 2.02. The van der Waals surface area contributed by atoms with E-state index in [4.69, 9.17) is 25.8 Å². The summed E-state index contributed by atoms with van der Waals surface area (Å²) in [7, 11) is 0. The van der Waals surface area contributed by atoms with Crippen LogP contribution >= 0.6 is 11.6 Å². The number of halogens is 1. The first-order chi connectivity index (χ1) is 16.5. The van der Waals surface area contributed by atoms with Crippen LogP contribution in [-0.4, -0.2) is 42.8 Å². The Labute approximate surface area is 204 Å². The van der Waals surface area contributed by atoms with E-state index in [1.165, 1.54) is 0 Å². The lowest BCUT2D eigenvalue weighted by Gasteiger charge is -2.14. The molecule has 0 aliphatic rings. The van der Waals surface area contributed by atoms with Crippen LogP contribution in [0, 0.1) is 0 Å². The molecule has 0 saturated heterocycles. The third-order valence-corrected chi connectivity index (χ3v) is 5.32. The molecule has 0 saturated carbocycles. The van der Waals surface area contributed by atoms with Gasteiger partial charge in [-0.25, -0.2) is 4.79 Å². The first-order valence-electron chi connectivity index (χ1n) is 11.1. The summed E-state index contributed by atoms with van der Waals surface area (Å²) in [5.74, 6) is 0.169. The van der Waals surface area contributed by atoms with Gasteiger partial charge >= 0.3 is 5.97 Å². The predicted molar refractivity (Wildman–Crippen MR) is 130 cm³/mol. The average Bonchev–Trinajstić information content (AvgIpc) is 2.85. The van der Waals surface area contributed by atoms with Gasteiger partial charge in [-0.05, 0) is 48.9 Å². The Balaban J connectivity index is 1.42. The molecule has 0 aliphatic carbocycles. The zero-order valence-corrected chi connectivity index (χ0v) is 19.7. The van der Waals surface area contributed by atoms with Gasteiger partial charge in [0.15, 0.2) is 11.9 Å². The molecule has 1 N–H and O–H groups in total. The van der Waals surface area contributed by atoms with Crippen LogP contribution in [0.5, 0.6) is 11.5 Å². The molecule has 0 aromatic heterocycles. The highest BCUT2D eigenvalue weighted by molar-refractivity contribution is 6.32. The number of hydrogen-bond acceptors (Lipinski definition) is 5. The minimum Gasteiger partial charge on any atom is -0.493 e. The van der Waals surface area contributed by atoms with Crippen LogP contribution in [0.15, 0.2) is 72.8 Å². The first-order valence-corrected chi connectivity index (χ1v) is 11.4. The summed E-state index contributed by atoms with van der Waals surface area (Å²) in [6.45, 7) is 2.92. The van der Waals surface area contributed by atoms with Gasteiger partial charge in [-0.1, -0.05) is 48.0 Å². The van der Waals surface area contributed by atoms with Gasteiger partial charge in [-0.3, -0.25) is 4.79 Å². The van der Waals surface area contributed by atoms with Crippen molar-refractivity contribution in [2.24, 2.45) is 0 Å². The molecule has 34 heavy (non-hydrogen) atoms. The molecule has 0 heterocycles. The van der Waals surface area contributed by atoms with Crippen molar-refractivity contribution in [2.45, 2.75) is 25.9 Å². The number of carbonyl (C=O) groups is 2. The molecule has 6 nitrogen and oxygen atoms in total. The fraction of sp³-hybridized carbons (Fsp3) is 0.259. The summed E-state index contributed by atoms with van der Waals surface area (Å²) in [5, 5.41) is 9.63. The zero-order valence-electron chi connectivity index (χ0n) is 18.9. The molecule has 178 valence electrons. The van der Waals surface area contributed by atoms with Crippen LogP contribution < -0.4 is 9.47 Å². The molecule has 3 aromatic rings. The van der Waals surface area contributed by atoms with Crippen LogP contribution in [0.2, 0.25) is 5.02 Å². The Kier molecular flexibility index (Phi) is 9.50. The molecule has 0 radical (unpaired) electrons. The molecular formula is C27H27ClO6. The molecule has 0 aliphatic heterocycles. The van der Waals surface area contributed by atoms with Crippen molar-refractivity contribution in [2.75, 3.05) is 19.8 Å². The lowest BCUT2D eigenvalue weighted by molar-refractivity contribution is -0.149. The number of hydrogen-bond donors (Lipinski definition) is 1. The number of carbonyl (C=O) groups excluding carboxylic acids is 1. The number of rotatable bonds is 13. The van der Waals surface area contributed by atoms with E-state index in [9.17, 15) is 14.7 Å². The van der Waals surface area contributed by atoms with Gasteiger partial charge in [-0.15, -0.1) is 0 Å². The molecule has 7 heteroatoms. The van der Waals surface area contributed by atoms with E-state index >= 15 is 0 Å². The quantitative estimate of drug-likeness (QED) is 0.257. The summed E-state index contributed by atoms with van der Waals surface area (Å²) < 4.78 is 16.7. The van der Waals surface area contributed by atoms with E-state index in [1.807, 2.05) is 18.2 Å². The second-order valence-corrected chi connectivity index (χ2v) is 7.93. The zero-order chi connectivity index (χ0) is 24.3. The number of benzene rings is 3. The molecule has 0 spiro atoms. The van der Waals surface area contributed by atoms with Crippen molar-refractivity contribution < 1.29 is 28.9 Å². The van der Waals surface area contributed by atoms with Crippen LogP contribution in [0.3, 0.4) is 0 Å². The standard InChI is InChI=1S/C27H27ClO6/c1-2-32-25(27(30)31)18-19-9-14-24(23(28)17-19)34-16-6-15-33-22-12-10-21(11-13-22)26(29)20-7-4-3-5-8-20/h3-5,7-14,17,25H,2,6,15-16,18H2,1H3,(H,30,31). The normalized spacial score (nSPS) is 11.6. The van der Waals surface area contributed by atoms with Crippen molar-refractivity contribution in [3.8, 4) is 11.5 Å². The van der Waals surface area contributed by atoms with E-state index in [0.29, 0.717) is 53.9 Å². The summed E-state index contributed by atoms with van der Waals surface area (Å²) >= 11 is 6.29. The third kappa shape index (κ3) is 7.33. The highest BCUT2D eigenvalue weighted by atomic mass is 35.5. The van der Waals surface area contributed by atoms with Crippen molar-refractivity contribution in [1.82, 2.24) is 0 Å². The molecule has 3 aromatic carbocycles. The molecule has 0 bridgehead atoms. The van der Waals surface area contributed by atoms with Crippen LogP contribution in [0.4, 0.5) is 0 Å². The lowest BCUT2D eigenvalue weighted by atomic mass is 10.0. The van der Waals surface area contributed by atoms with Crippen LogP contribution in [-0.2, 0) is 16.0 Å². The largest absolute Gasteiger partial charge is 0.493 e. The minimum atomic E-state index is -1.00. The van der Waals surface area contributed by atoms with Gasteiger partial charge in [0, 0.05) is 30.6 Å². The first kappa shape index (κ1) is 25.3. The maximum Gasteiger partial charge on any atom is 0.333 e. The Hall–Kier alpha value is -3.35. The van der Waals surface area contributed by atoms with E-state index in [-0.39, 0.29) is 12.2 Å². The van der Waals surface area contributed by atoms with Gasteiger partial charge in [-0.2, -0.15) is 0 Å². The van der Waals surface area contributed by atoms with E-state index in [0.717, 1.165) is 5.56 Å². The van der Waals surface area contributed by atoms with Crippen LogP contribution in [0.25, 0.3) is 0 Å². The van der Waals surface area contributed by atoms with Crippen molar-refractivity contribution >= 4 is 23.4 Å². The highest BCUT2D eigenvalue weighted by Crippen LogP contribution is 2.26. The molecule has 0 fully saturated rings. The van der Waals surface area contributed by atoms with Gasteiger partial charge in [0.2, 0.25) is 0 Å². The molecule has 3 rings (SSSR count). The monoisotopic (exact) mass is 482 g/mol. The van der Waals surface area contributed by atoms with Crippen molar-refractivity contribution in [3.05, 3.63) is 94.5 Å². The Morgan fingerprint density at radius 3 is 2.24 bits per heavy atom. The second-order valence-electron chi connectivity index (χ2n) is 7.52. The highest BCUT2D eigenvalue weighted by Gasteiger charge is 2.18. The summed E-state index contributed by atoms with van der Waals surface area (Å²) in [6, 6.07) is 21.4. The number of carboxylic acids is 1. The summed E-state index contributed by atoms with van der Waals surface area (Å²) in [4.78, 5) is 23.7. The number of ether oxygens (including phenoxy) is 3. The van der Waals surface area contributed by atoms with Gasteiger partial charge in [0.05, 0.1) is 18.2 Å². The number of ketones is 1. The second kappa shape index (κ2) is 12.8. The van der Waals surface area contributed by atoms with Gasteiger partial charge in [0.1, 0.15) is 11.5 Å². The SMILES string of the molecule is CCOC(Cc1ccc(OCCCOc2ccc(C(=O)c3ccccc3)cc2)c(Cl)c1)C(=O)O. The Morgan fingerprint density at radius 2 is 1.59 bits per heavy atom. The molecule has 0 amide bonds. The fourth-order valence-electron chi connectivity index (χ4n) is 3.31. The minimum absolute atomic E-state index is 0.0279. The maximum atomic E-state index is 12.5. The van der Waals surface area contributed by atoms with Crippen LogP contribution in [0.1, 0.15) is 34.8 Å². The van der Waals surface area contributed by atoms with Gasteiger partial charge < -0.3 is 19.3 Å². The fourth-order valence-corrected chi connectivity index (χ4v) is 3.57. The Bertz CT molecular complexity index is 1080. The number of aliphatic carboxylic acids is 1. The molecular weight excluding hydrogens is 456 g/mol.